The third-order valence-corrected chi connectivity index (χ3v) is 13.3. The summed E-state index contributed by atoms with van der Waals surface area (Å²) in [5.41, 5.74) is 0. The zero-order chi connectivity index (χ0) is 57.1. The molecule has 6 nitrogen and oxygen atoms in total. The average molecular weight is 1090 g/mol. The van der Waals surface area contributed by atoms with Crippen molar-refractivity contribution in [3.8, 4) is 0 Å². The van der Waals surface area contributed by atoms with E-state index in [4.69, 9.17) is 14.2 Å². The van der Waals surface area contributed by atoms with Crippen LogP contribution in [0.3, 0.4) is 0 Å². The van der Waals surface area contributed by atoms with Crippen LogP contribution >= 0.6 is 0 Å². The van der Waals surface area contributed by atoms with Crippen LogP contribution < -0.4 is 0 Å². The number of carbonyl (C=O) groups is 3. The van der Waals surface area contributed by atoms with E-state index in [0.29, 0.717) is 12.8 Å². The first kappa shape index (κ1) is 74.3. The summed E-state index contributed by atoms with van der Waals surface area (Å²) in [6.45, 7) is 6.29. The molecule has 0 aromatic carbocycles. The van der Waals surface area contributed by atoms with Crippen LogP contribution in [0, 0.1) is 0 Å². The first-order valence-corrected chi connectivity index (χ1v) is 32.3. The van der Waals surface area contributed by atoms with Gasteiger partial charge in [-0.15, -0.1) is 0 Å². The fourth-order valence-corrected chi connectivity index (χ4v) is 8.57. The predicted octanol–water partition coefficient (Wildman–Crippen LogP) is 22.3. The molecule has 0 heterocycles. The molecule has 1 atom stereocenters. The van der Waals surface area contributed by atoms with Crippen LogP contribution in [-0.2, 0) is 28.6 Å². The second-order valence-electron chi connectivity index (χ2n) is 20.9. The van der Waals surface area contributed by atoms with Gasteiger partial charge in [-0.25, -0.2) is 0 Å². The van der Waals surface area contributed by atoms with Crippen LogP contribution in [0.25, 0.3) is 0 Å². The number of carbonyl (C=O) groups excluding carboxylic acids is 3. The number of hydrogen-bond donors (Lipinski definition) is 0. The Morgan fingerprint density at radius 3 is 0.899 bits per heavy atom. The van der Waals surface area contributed by atoms with E-state index >= 15 is 0 Å². The van der Waals surface area contributed by atoms with Crippen molar-refractivity contribution in [1.82, 2.24) is 0 Å². The minimum absolute atomic E-state index is 0.114. The lowest BCUT2D eigenvalue weighted by Gasteiger charge is -2.18. The topological polar surface area (TPSA) is 78.9 Å². The van der Waals surface area contributed by atoms with Gasteiger partial charge >= 0.3 is 17.9 Å². The lowest BCUT2D eigenvalue weighted by atomic mass is 10.0. The zero-order valence-corrected chi connectivity index (χ0v) is 51.1. The van der Waals surface area contributed by atoms with Gasteiger partial charge in [0.2, 0.25) is 0 Å². The summed E-state index contributed by atoms with van der Waals surface area (Å²) in [7, 11) is 0. The fourth-order valence-electron chi connectivity index (χ4n) is 8.57. The van der Waals surface area contributed by atoms with Gasteiger partial charge in [0.25, 0.3) is 0 Å². The summed E-state index contributed by atoms with van der Waals surface area (Å²) in [5, 5.41) is 0. The molecular formula is C73H118O6. The van der Waals surface area contributed by atoms with E-state index in [-0.39, 0.29) is 38.0 Å². The van der Waals surface area contributed by atoms with Crippen molar-refractivity contribution in [2.24, 2.45) is 0 Å². The predicted molar refractivity (Wildman–Crippen MR) is 343 cm³/mol. The standard InChI is InChI=1S/C73H118O6/c1-4-7-10-13-16-19-22-25-28-30-32-33-34-35-36-37-38-39-41-42-45-48-51-54-57-60-63-66-72(75)78-69-70(68-77-71(74)65-62-59-56-53-50-47-44-27-24-21-18-15-12-9-6-3)79-73(76)67-64-61-58-55-52-49-46-43-40-31-29-26-23-20-17-14-11-8-5-2/h8-9,11-12,17-18,20-22,25-27,29-30,32,40,43-44,49-50,52-53,59,62,70H,4-7,10,13-16,19,23-24,28,31,33-39,41-42,45-48,51,54-58,60-61,63-69H2,1-3H3/b11-8-,12-9-,20-17-,21-18-,25-22-,29-26-,32-30-,43-40-,44-27-,52-49-,53-50-,62-59-. The minimum Gasteiger partial charge on any atom is -0.462 e. The van der Waals surface area contributed by atoms with Crippen molar-refractivity contribution >= 4 is 17.9 Å². The van der Waals surface area contributed by atoms with E-state index in [1.807, 2.05) is 6.08 Å². The number of unbranched alkanes of at least 4 members (excludes halogenated alkanes) is 23. The van der Waals surface area contributed by atoms with E-state index in [9.17, 15) is 14.4 Å². The Kier molecular flexibility index (Phi) is 61.9. The molecule has 79 heavy (non-hydrogen) atoms. The summed E-state index contributed by atoms with van der Waals surface area (Å²) >= 11 is 0. The third kappa shape index (κ3) is 64.0. The third-order valence-electron chi connectivity index (χ3n) is 13.3. The van der Waals surface area contributed by atoms with Crippen LogP contribution in [0.2, 0.25) is 0 Å². The van der Waals surface area contributed by atoms with Gasteiger partial charge in [-0.05, 0) is 122 Å². The highest BCUT2D eigenvalue weighted by Crippen LogP contribution is 2.16. The van der Waals surface area contributed by atoms with Crippen LogP contribution in [0.15, 0.2) is 146 Å². The Bertz CT molecular complexity index is 1730. The van der Waals surface area contributed by atoms with Gasteiger partial charge in [-0.1, -0.05) is 282 Å². The summed E-state index contributed by atoms with van der Waals surface area (Å²) in [5.74, 6) is -1.09. The molecule has 0 aromatic heterocycles. The molecular weight excluding hydrogens is 973 g/mol. The highest BCUT2D eigenvalue weighted by molar-refractivity contribution is 5.72. The normalized spacial score (nSPS) is 13.1. The van der Waals surface area contributed by atoms with Gasteiger partial charge in [0.15, 0.2) is 6.10 Å². The summed E-state index contributed by atoms with van der Waals surface area (Å²) in [6.07, 6.45) is 94.6. The molecule has 0 saturated heterocycles. The van der Waals surface area contributed by atoms with Crippen LogP contribution in [-0.4, -0.2) is 37.2 Å². The molecule has 0 aliphatic carbocycles. The molecule has 0 rings (SSSR count). The number of rotatable bonds is 57. The molecule has 0 bridgehead atoms. The van der Waals surface area contributed by atoms with Gasteiger partial charge < -0.3 is 14.2 Å². The Hall–Kier alpha value is -4.71. The largest absolute Gasteiger partial charge is 0.462 e. The summed E-state index contributed by atoms with van der Waals surface area (Å²) in [6, 6.07) is 0. The Labute approximate surface area is 487 Å². The van der Waals surface area contributed by atoms with E-state index in [2.05, 4.69) is 154 Å². The molecule has 0 aromatic rings. The van der Waals surface area contributed by atoms with E-state index in [1.165, 1.54) is 122 Å². The molecule has 1 unspecified atom stereocenters. The van der Waals surface area contributed by atoms with Gasteiger partial charge in [0.1, 0.15) is 13.2 Å². The molecule has 0 aliphatic heterocycles. The van der Waals surface area contributed by atoms with Gasteiger partial charge in [0, 0.05) is 12.8 Å². The molecule has 0 spiro atoms. The summed E-state index contributed by atoms with van der Waals surface area (Å²) < 4.78 is 16.8. The van der Waals surface area contributed by atoms with Crippen molar-refractivity contribution < 1.29 is 28.6 Å². The SMILES string of the molecule is CC/C=C\C/C=C\C/C=C\C/C=C\C/C=C\CCCCCC(=O)OC(COC(=O)C/C=C\C/C=C\C/C=C\C/C=C\C/C=C\CC)COC(=O)CCCCCCCCCCCCCCCCC/C=C\C/C=C\CCCCCCC. The lowest BCUT2D eigenvalue weighted by Crippen LogP contribution is -2.30. The molecule has 446 valence electrons. The number of ether oxygens (including phenoxy) is 3. The number of allylic oxidation sites excluding steroid dienone is 23. The maximum atomic E-state index is 12.9. The number of hydrogen-bond acceptors (Lipinski definition) is 6. The van der Waals surface area contributed by atoms with Crippen LogP contribution in [0.5, 0.6) is 0 Å². The first-order chi connectivity index (χ1) is 39.0. The van der Waals surface area contributed by atoms with E-state index in [1.54, 1.807) is 6.08 Å². The monoisotopic (exact) mass is 1090 g/mol. The highest BCUT2D eigenvalue weighted by Gasteiger charge is 2.19. The van der Waals surface area contributed by atoms with Crippen molar-refractivity contribution in [2.45, 2.75) is 284 Å². The second kappa shape index (κ2) is 65.8. The van der Waals surface area contributed by atoms with Crippen LogP contribution in [0.1, 0.15) is 278 Å². The molecule has 6 heteroatoms. The minimum atomic E-state index is -0.843. The Morgan fingerprint density at radius 1 is 0.278 bits per heavy atom. The summed E-state index contributed by atoms with van der Waals surface area (Å²) in [4.78, 5) is 38.2. The first-order valence-electron chi connectivity index (χ1n) is 32.3. The number of esters is 3. The van der Waals surface area contributed by atoms with Crippen molar-refractivity contribution in [3.63, 3.8) is 0 Å². The lowest BCUT2D eigenvalue weighted by molar-refractivity contribution is -0.166. The van der Waals surface area contributed by atoms with Gasteiger partial charge in [0.05, 0.1) is 6.42 Å². The zero-order valence-electron chi connectivity index (χ0n) is 51.1. The smallest absolute Gasteiger partial charge is 0.309 e. The van der Waals surface area contributed by atoms with Crippen molar-refractivity contribution in [1.29, 1.82) is 0 Å². The molecule has 0 aliphatic rings. The fraction of sp³-hybridized carbons (Fsp3) is 0.630. The van der Waals surface area contributed by atoms with E-state index in [0.717, 1.165) is 109 Å². The molecule has 0 N–H and O–H groups in total. The van der Waals surface area contributed by atoms with Gasteiger partial charge in [-0.2, -0.15) is 0 Å². The average Bonchev–Trinajstić information content (AvgIpc) is 3.45. The maximum Gasteiger partial charge on any atom is 0.309 e. The van der Waals surface area contributed by atoms with Crippen molar-refractivity contribution in [3.05, 3.63) is 146 Å². The highest BCUT2D eigenvalue weighted by atomic mass is 16.6. The quantitative estimate of drug-likeness (QED) is 0.0261. The van der Waals surface area contributed by atoms with Crippen LogP contribution in [0.4, 0.5) is 0 Å². The Balaban J connectivity index is 4.43. The molecule has 0 fully saturated rings. The molecule has 0 amide bonds. The Morgan fingerprint density at radius 2 is 0.544 bits per heavy atom. The molecule has 0 radical (unpaired) electrons. The second-order valence-corrected chi connectivity index (χ2v) is 20.9. The van der Waals surface area contributed by atoms with Crippen molar-refractivity contribution in [2.75, 3.05) is 13.2 Å². The maximum absolute atomic E-state index is 12.9. The molecule has 0 saturated carbocycles. The van der Waals surface area contributed by atoms with E-state index < -0.39 is 12.1 Å². The van der Waals surface area contributed by atoms with Gasteiger partial charge in [-0.3, -0.25) is 14.4 Å².